The van der Waals surface area contributed by atoms with Gasteiger partial charge in [0.05, 0.1) is 22.9 Å². The van der Waals surface area contributed by atoms with Gasteiger partial charge in [-0.15, -0.1) is 11.3 Å². The number of amides is 1. The second kappa shape index (κ2) is 6.97. The van der Waals surface area contributed by atoms with Crippen LogP contribution in [0.3, 0.4) is 0 Å². The molecule has 6 heteroatoms. The minimum absolute atomic E-state index is 0.193. The molecule has 0 saturated heterocycles. The van der Waals surface area contributed by atoms with E-state index in [4.69, 9.17) is 4.74 Å². The first-order chi connectivity index (χ1) is 12.7. The number of nitrogens with zero attached hydrogens (tertiary/aromatic N) is 1. The molecule has 0 saturated carbocycles. The summed E-state index contributed by atoms with van der Waals surface area (Å²) >= 11 is 3.24. The van der Waals surface area contributed by atoms with E-state index in [1.54, 1.807) is 30.2 Å². The highest BCUT2D eigenvalue weighted by Gasteiger charge is 2.14. The summed E-state index contributed by atoms with van der Waals surface area (Å²) in [7, 11) is 1.58. The zero-order chi connectivity index (χ0) is 18.1. The van der Waals surface area contributed by atoms with Gasteiger partial charge in [0.25, 0.3) is 5.91 Å². The number of rotatable bonds is 4. The molecule has 0 atom stereocenters. The van der Waals surface area contributed by atoms with E-state index in [9.17, 15) is 4.79 Å². The first-order valence-corrected chi connectivity index (χ1v) is 10.0. The number of fused-ring (bicyclic) bond motifs is 2. The number of thiazole rings is 1. The molecule has 0 aliphatic heterocycles. The highest BCUT2D eigenvalue weighted by atomic mass is 32.2. The summed E-state index contributed by atoms with van der Waals surface area (Å²) in [5, 5.41) is 5.01. The van der Waals surface area contributed by atoms with Crippen LogP contribution in [-0.4, -0.2) is 24.3 Å². The van der Waals surface area contributed by atoms with Gasteiger partial charge in [-0.05, 0) is 47.4 Å². The molecule has 130 valence electrons. The summed E-state index contributed by atoms with van der Waals surface area (Å²) < 4.78 is 7.50. The number of carbonyl (C=O) groups is 1. The molecule has 0 spiro atoms. The second-order valence-corrected chi connectivity index (χ2v) is 7.80. The van der Waals surface area contributed by atoms with Gasteiger partial charge in [-0.1, -0.05) is 36.0 Å². The van der Waals surface area contributed by atoms with Crippen molar-refractivity contribution in [2.45, 2.75) is 4.34 Å². The topological polar surface area (TPSA) is 51.2 Å². The Balaban J connectivity index is 1.68. The highest BCUT2D eigenvalue weighted by Crippen LogP contribution is 2.31. The molecule has 26 heavy (non-hydrogen) atoms. The Morgan fingerprint density at radius 1 is 1.12 bits per heavy atom. The van der Waals surface area contributed by atoms with Crippen molar-refractivity contribution in [3.05, 3.63) is 60.2 Å². The monoisotopic (exact) mass is 380 g/mol. The summed E-state index contributed by atoms with van der Waals surface area (Å²) in [6.07, 6.45) is 2.01. The van der Waals surface area contributed by atoms with Gasteiger partial charge < -0.3 is 10.1 Å². The molecule has 0 aliphatic carbocycles. The van der Waals surface area contributed by atoms with Crippen molar-refractivity contribution < 1.29 is 9.53 Å². The van der Waals surface area contributed by atoms with Crippen LogP contribution in [0.4, 0.5) is 5.69 Å². The Morgan fingerprint density at radius 2 is 1.88 bits per heavy atom. The molecule has 0 unspecified atom stereocenters. The lowest BCUT2D eigenvalue weighted by molar-refractivity contribution is 0.102. The maximum Gasteiger partial charge on any atom is 0.259 e. The molecule has 1 aromatic heterocycles. The first-order valence-electron chi connectivity index (χ1n) is 8.00. The van der Waals surface area contributed by atoms with Crippen LogP contribution in [0.5, 0.6) is 5.75 Å². The van der Waals surface area contributed by atoms with Crippen molar-refractivity contribution in [3.63, 3.8) is 0 Å². The fourth-order valence-electron chi connectivity index (χ4n) is 2.83. The first kappa shape index (κ1) is 16.9. The molecule has 3 aromatic carbocycles. The molecule has 4 aromatic rings. The molecule has 1 heterocycles. The maximum atomic E-state index is 12.8. The molecular weight excluding hydrogens is 364 g/mol. The predicted molar refractivity (Wildman–Crippen MR) is 110 cm³/mol. The largest absolute Gasteiger partial charge is 0.496 e. The minimum Gasteiger partial charge on any atom is -0.496 e. The molecule has 0 fully saturated rings. The molecular formula is C20H16N2O2S2. The van der Waals surface area contributed by atoms with Crippen molar-refractivity contribution in [2.75, 3.05) is 18.7 Å². The maximum absolute atomic E-state index is 12.8. The number of benzene rings is 3. The Morgan fingerprint density at radius 3 is 2.62 bits per heavy atom. The van der Waals surface area contributed by atoms with E-state index in [2.05, 4.69) is 10.3 Å². The predicted octanol–water partition coefficient (Wildman–Crippen LogP) is 5.43. The van der Waals surface area contributed by atoms with Gasteiger partial charge in [0.2, 0.25) is 0 Å². The van der Waals surface area contributed by atoms with Gasteiger partial charge in [0.1, 0.15) is 5.75 Å². The molecule has 1 N–H and O–H groups in total. The summed E-state index contributed by atoms with van der Waals surface area (Å²) in [5.41, 5.74) is 2.20. The summed E-state index contributed by atoms with van der Waals surface area (Å²) in [6, 6.07) is 17.4. The molecule has 0 radical (unpaired) electrons. The Bertz CT molecular complexity index is 1120. The van der Waals surface area contributed by atoms with Crippen molar-refractivity contribution >= 4 is 55.7 Å². The van der Waals surface area contributed by atoms with E-state index >= 15 is 0 Å². The molecule has 4 rings (SSSR count). The number of carbonyl (C=O) groups excluding carboxylic acids is 1. The number of aromatic nitrogens is 1. The Labute approximate surface area is 159 Å². The number of ether oxygens (including phenoxy) is 1. The van der Waals surface area contributed by atoms with Crippen LogP contribution >= 0.6 is 23.1 Å². The molecule has 1 amide bonds. The van der Waals surface area contributed by atoms with Crippen molar-refractivity contribution in [1.82, 2.24) is 4.98 Å². The summed E-state index contributed by atoms with van der Waals surface area (Å²) in [6.45, 7) is 0. The summed E-state index contributed by atoms with van der Waals surface area (Å²) in [4.78, 5) is 17.3. The average molecular weight is 380 g/mol. The van der Waals surface area contributed by atoms with Crippen LogP contribution in [0, 0.1) is 0 Å². The average Bonchev–Trinajstić information content (AvgIpc) is 3.09. The van der Waals surface area contributed by atoms with Gasteiger partial charge in [-0.3, -0.25) is 4.79 Å². The zero-order valence-electron chi connectivity index (χ0n) is 14.3. The SMILES string of the molecule is COc1cc2ccccc2cc1C(=O)Nc1ccc2nc(SC)sc2c1. The van der Waals surface area contributed by atoms with E-state index in [1.807, 2.05) is 60.9 Å². The molecule has 0 bridgehead atoms. The van der Waals surface area contributed by atoms with Crippen molar-refractivity contribution in [2.24, 2.45) is 0 Å². The third kappa shape index (κ3) is 3.13. The molecule has 4 nitrogen and oxygen atoms in total. The van der Waals surface area contributed by atoms with E-state index in [1.165, 1.54) is 0 Å². The highest BCUT2D eigenvalue weighted by molar-refractivity contribution is 8.00. The fourth-order valence-corrected chi connectivity index (χ4v) is 4.36. The smallest absolute Gasteiger partial charge is 0.259 e. The standard InChI is InChI=1S/C20H16N2O2S2/c1-24-17-10-13-6-4-3-5-12(13)9-15(17)19(23)21-14-7-8-16-18(11-14)26-20(22-16)25-2/h3-11H,1-2H3,(H,21,23). The van der Waals surface area contributed by atoms with Gasteiger partial charge in [0, 0.05) is 5.69 Å². The lowest BCUT2D eigenvalue weighted by Gasteiger charge is -2.11. The van der Waals surface area contributed by atoms with Crippen LogP contribution in [0.2, 0.25) is 0 Å². The van der Waals surface area contributed by atoms with Crippen molar-refractivity contribution in [3.8, 4) is 5.75 Å². The second-order valence-electron chi connectivity index (χ2n) is 5.72. The van der Waals surface area contributed by atoms with Crippen LogP contribution in [-0.2, 0) is 0 Å². The van der Waals surface area contributed by atoms with Crippen LogP contribution < -0.4 is 10.1 Å². The van der Waals surface area contributed by atoms with E-state index in [-0.39, 0.29) is 5.91 Å². The lowest BCUT2D eigenvalue weighted by atomic mass is 10.1. The van der Waals surface area contributed by atoms with Gasteiger partial charge in [-0.2, -0.15) is 0 Å². The Hall–Kier alpha value is -2.57. The number of hydrogen-bond donors (Lipinski definition) is 1. The van der Waals surface area contributed by atoms with Crippen LogP contribution in [0.15, 0.2) is 58.9 Å². The Kier molecular flexibility index (Phi) is 4.53. The lowest BCUT2D eigenvalue weighted by Crippen LogP contribution is -2.13. The number of methoxy groups -OCH3 is 1. The number of thioether (sulfide) groups is 1. The number of hydrogen-bond acceptors (Lipinski definition) is 5. The number of anilines is 1. The summed E-state index contributed by atoms with van der Waals surface area (Å²) in [5.74, 6) is 0.367. The van der Waals surface area contributed by atoms with E-state index in [0.717, 1.165) is 31.0 Å². The fraction of sp³-hybridized carbons (Fsp3) is 0.100. The third-order valence-electron chi connectivity index (χ3n) is 4.11. The van der Waals surface area contributed by atoms with Crippen LogP contribution in [0.25, 0.3) is 21.0 Å². The van der Waals surface area contributed by atoms with Gasteiger partial charge in [0.15, 0.2) is 4.34 Å². The van der Waals surface area contributed by atoms with Crippen molar-refractivity contribution in [1.29, 1.82) is 0 Å². The zero-order valence-corrected chi connectivity index (χ0v) is 15.9. The quantitative estimate of drug-likeness (QED) is 0.480. The van der Waals surface area contributed by atoms with Gasteiger partial charge >= 0.3 is 0 Å². The molecule has 0 aliphatic rings. The number of nitrogens with one attached hydrogen (secondary N) is 1. The third-order valence-corrected chi connectivity index (χ3v) is 6.12. The minimum atomic E-state index is -0.193. The van der Waals surface area contributed by atoms with Crippen LogP contribution in [0.1, 0.15) is 10.4 Å². The normalized spacial score (nSPS) is 11.0. The van der Waals surface area contributed by atoms with Gasteiger partial charge in [-0.25, -0.2) is 4.98 Å². The van der Waals surface area contributed by atoms with E-state index < -0.39 is 0 Å². The van der Waals surface area contributed by atoms with E-state index in [0.29, 0.717) is 11.3 Å².